The standard InChI is InChI=1S/C11H14BrNO2/c1-7-5-8(12)6-9(10(7)15-4)11(14)13(2)3/h5-6H,1-4H3. The van der Waals surface area contributed by atoms with Gasteiger partial charge in [0.15, 0.2) is 0 Å². The molecule has 0 unspecified atom stereocenters. The molecule has 0 radical (unpaired) electrons. The summed E-state index contributed by atoms with van der Waals surface area (Å²) in [6.45, 7) is 1.91. The van der Waals surface area contributed by atoms with E-state index in [0.29, 0.717) is 11.3 Å². The molecular weight excluding hydrogens is 258 g/mol. The molecule has 0 aromatic heterocycles. The SMILES string of the molecule is COc1c(C)cc(Br)cc1C(=O)N(C)C. The molecule has 1 aromatic carbocycles. The van der Waals surface area contributed by atoms with Crippen molar-refractivity contribution in [3.63, 3.8) is 0 Å². The van der Waals surface area contributed by atoms with Gasteiger partial charge < -0.3 is 9.64 Å². The van der Waals surface area contributed by atoms with Gasteiger partial charge in [-0.05, 0) is 24.6 Å². The largest absolute Gasteiger partial charge is 0.496 e. The van der Waals surface area contributed by atoms with Crippen molar-refractivity contribution >= 4 is 21.8 Å². The third kappa shape index (κ3) is 2.50. The highest BCUT2D eigenvalue weighted by Crippen LogP contribution is 2.28. The van der Waals surface area contributed by atoms with E-state index in [1.165, 1.54) is 4.90 Å². The van der Waals surface area contributed by atoms with Crippen LogP contribution in [0.3, 0.4) is 0 Å². The van der Waals surface area contributed by atoms with Gasteiger partial charge in [-0.25, -0.2) is 0 Å². The van der Waals surface area contributed by atoms with Crippen molar-refractivity contribution < 1.29 is 9.53 Å². The maximum Gasteiger partial charge on any atom is 0.257 e. The number of amides is 1. The molecular formula is C11H14BrNO2. The van der Waals surface area contributed by atoms with E-state index in [2.05, 4.69) is 15.9 Å². The summed E-state index contributed by atoms with van der Waals surface area (Å²) in [6, 6.07) is 3.69. The van der Waals surface area contributed by atoms with E-state index in [-0.39, 0.29) is 5.91 Å². The van der Waals surface area contributed by atoms with Crippen LogP contribution in [0.1, 0.15) is 15.9 Å². The Morgan fingerprint density at radius 3 is 2.47 bits per heavy atom. The summed E-state index contributed by atoms with van der Waals surface area (Å²) in [5.74, 6) is 0.577. The molecule has 0 bridgehead atoms. The van der Waals surface area contributed by atoms with Crippen LogP contribution in [0.4, 0.5) is 0 Å². The van der Waals surface area contributed by atoms with Gasteiger partial charge in [-0.15, -0.1) is 0 Å². The van der Waals surface area contributed by atoms with E-state index < -0.39 is 0 Å². The zero-order valence-electron chi connectivity index (χ0n) is 9.30. The topological polar surface area (TPSA) is 29.5 Å². The maximum atomic E-state index is 11.9. The molecule has 82 valence electrons. The lowest BCUT2D eigenvalue weighted by atomic mass is 10.1. The van der Waals surface area contributed by atoms with E-state index >= 15 is 0 Å². The Morgan fingerprint density at radius 2 is 2.00 bits per heavy atom. The molecule has 3 nitrogen and oxygen atoms in total. The van der Waals surface area contributed by atoms with Gasteiger partial charge in [-0.2, -0.15) is 0 Å². The Labute approximate surface area is 98.2 Å². The molecule has 4 heteroatoms. The molecule has 15 heavy (non-hydrogen) atoms. The lowest BCUT2D eigenvalue weighted by Crippen LogP contribution is -2.22. The molecule has 1 aromatic rings. The molecule has 0 aliphatic carbocycles. The van der Waals surface area contributed by atoms with Crippen molar-refractivity contribution in [1.29, 1.82) is 0 Å². The number of nitrogens with zero attached hydrogens (tertiary/aromatic N) is 1. The predicted molar refractivity (Wildman–Crippen MR) is 63.4 cm³/mol. The highest BCUT2D eigenvalue weighted by Gasteiger charge is 2.16. The number of carbonyl (C=O) groups is 1. The van der Waals surface area contributed by atoms with Crippen molar-refractivity contribution in [2.75, 3.05) is 21.2 Å². The minimum Gasteiger partial charge on any atom is -0.496 e. The average molecular weight is 272 g/mol. The van der Waals surface area contributed by atoms with Gasteiger partial charge in [0.2, 0.25) is 0 Å². The number of methoxy groups -OCH3 is 1. The van der Waals surface area contributed by atoms with Gasteiger partial charge in [0.1, 0.15) is 5.75 Å². The number of aryl methyl sites for hydroxylation is 1. The lowest BCUT2D eigenvalue weighted by Gasteiger charge is -2.15. The minimum atomic E-state index is -0.0590. The van der Waals surface area contributed by atoms with E-state index in [1.54, 1.807) is 27.3 Å². The van der Waals surface area contributed by atoms with Gasteiger partial charge >= 0.3 is 0 Å². The van der Waals surface area contributed by atoms with Crippen LogP contribution < -0.4 is 4.74 Å². The van der Waals surface area contributed by atoms with Crippen LogP contribution in [0.5, 0.6) is 5.75 Å². The van der Waals surface area contributed by atoms with Crippen LogP contribution in [-0.4, -0.2) is 32.0 Å². The molecule has 0 heterocycles. The Balaban J connectivity index is 3.32. The molecule has 1 amide bonds. The first-order valence-electron chi connectivity index (χ1n) is 4.53. The first-order valence-corrected chi connectivity index (χ1v) is 5.32. The quantitative estimate of drug-likeness (QED) is 0.827. The number of hydrogen-bond donors (Lipinski definition) is 0. The first kappa shape index (κ1) is 12.0. The second kappa shape index (κ2) is 4.66. The molecule has 0 N–H and O–H groups in total. The Morgan fingerprint density at radius 1 is 1.40 bits per heavy atom. The normalized spacial score (nSPS) is 9.93. The fourth-order valence-electron chi connectivity index (χ4n) is 1.40. The molecule has 0 aliphatic heterocycles. The highest BCUT2D eigenvalue weighted by molar-refractivity contribution is 9.10. The third-order valence-electron chi connectivity index (χ3n) is 2.08. The third-order valence-corrected chi connectivity index (χ3v) is 2.54. The maximum absolute atomic E-state index is 11.9. The van der Waals surface area contributed by atoms with Crippen LogP contribution >= 0.6 is 15.9 Å². The van der Waals surface area contributed by atoms with Crippen molar-refractivity contribution in [2.24, 2.45) is 0 Å². The lowest BCUT2D eigenvalue weighted by molar-refractivity contribution is 0.0824. The van der Waals surface area contributed by atoms with Gasteiger partial charge in [-0.3, -0.25) is 4.79 Å². The molecule has 0 spiro atoms. The number of rotatable bonds is 2. The summed E-state index contributed by atoms with van der Waals surface area (Å²) in [5, 5.41) is 0. The zero-order chi connectivity index (χ0) is 11.6. The van der Waals surface area contributed by atoms with Crippen LogP contribution in [0.15, 0.2) is 16.6 Å². The van der Waals surface area contributed by atoms with Gasteiger partial charge in [0, 0.05) is 18.6 Å². The number of ether oxygens (including phenoxy) is 1. The van der Waals surface area contributed by atoms with Crippen molar-refractivity contribution in [3.8, 4) is 5.75 Å². The summed E-state index contributed by atoms with van der Waals surface area (Å²) in [6.07, 6.45) is 0. The fourth-order valence-corrected chi connectivity index (χ4v) is 1.97. The van der Waals surface area contributed by atoms with Crippen molar-refractivity contribution in [1.82, 2.24) is 4.90 Å². The zero-order valence-corrected chi connectivity index (χ0v) is 10.9. The fraction of sp³-hybridized carbons (Fsp3) is 0.364. The molecule has 0 aliphatic rings. The van der Waals surface area contributed by atoms with Crippen LogP contribution in [0.25, 0.3) is 0 Å². The second-order valence-electron chi connectivity index (χ2n) is 3.50. The van der Waals surface area contributed by atoms with Crippen molar-refractivity contribution in [2.45, 2.75) is 6.92 Å². The second-order valence-corrected chi connectivity index (χ2v) is 4.42. The average Bonchev–Trinajstić information content (AvgIpc) is 2.15. The summed E-state index contributed by atoms with van der Waals surface area (Å²) in [4.78, 5) is 13.4. The molecule has 1 rings (SSSR count). The van der Waals surface area contributed by atoms with E-state index in [9.17, 15) is 4.79 Å². The van der Waals surface area contributed by atoms with Crippen LogP contribution in [-0.2, 0) is 0 Å². The van der Waals surface area contributed by atoms with E-state index in [0.717, 1.165) is 10.0 Å². The molecule has 0 atom stereocenters. The Bertz CT molecular complexity index is 388. The Hall–Kier alpha value is -1.03. The summed E-state index contributed by atoms with van der Waals surface area (Å²) >= 11 is 3.37. The van der Waals surface area contributed by atoms with Gasteiger partial charge in [0.05, 0.1) is 12.7 Å². The van der Waals surface area contributed by atoms with Crippen LogP contribution in [0, 0.1) is 6.92 Å². The summed E-state index contributed by atoms with van der Waals surface area (Å²) < 4.78 is 6.11. The predicted octanol–water partition coefficient (Wildman–Crippen LogP) is 2.47. The number of hydrogen-bond acceptors (Lipinski definition) is 2. The summed E-state index contributed by atoms with van der Waals surface area (Å²) in [7, 11) is 5.01. The molecule has 0 saturated heterocycles. The smallest absolute Gasteiger partial charge is 0.257 e. The van der Waals surface area contributed by atoms with Gasteiger partial charge in [-0.1, -0.05) is 15.9 Å². The van der Waals surface area contributed by atoms with E-state index in [4.69, 9.17) is 4.74 Å². The molecule has 0 saturated carbocycles. The van der Waals surface area contributed by atoms with Gasteiger partial charge in [0.25, 0.3) is 5.91 Å². The van der Waals surface area contributed by atoms with Crippen LogP contribution in [0.2, 0.25) is 0 Å². The Kier molecular flexibility index (Phi) is 3.74. The number of carbonyl (C=O) groups excluding carboxylic acids is 1. The monoisotopic (exact) mass is 271 g/mol. The highest BCUT2D eigenvalue weighted by atomic mass is 79.9. The summed E-state index contributed by atoms with van der Waals surface area (Å²) in [5.41, 5.74) is 1.52. The first-order chi connectivity index (χ1) is 6.97. The number of halogens is 1. The number of benzene rings is 1. The van der Waals surface area contributed by atoms with E-state index in [1.807, 2.05) is 13.0 Å². The minimum absolute atomic E-state index is 0.0590. The molecule has 0 fully saturated rings. The van der Waals surface area contributed by atoms with Crippen molar-refractivity contribution in [3.05, 3.63) is 27.7 Å².